The number of benzene rings is 1. The monoisotopic (exact) mass is 330 g/mol. The van der Waals surface area contributed by atoms with Crippen molar-refractivity contribution in [2.75, 3.05) is 0 Å². The molecule has 1 fully saturated rings. The Morgan fingerprint density at radius 1 is 1.21 bits per heavy atom. The van der Waals surface area contributed by atoms with Gasteiger partial charge in [-0.1, -0.05) is 31.4 Å². The van der Waals surface area contributed by atoms with Crippen molar-refractivity contribution in [2.45, 2.75) is 64.0 Å². The van der Waals surface area contributed by atoms with Crippen LogP contribution < -0.4 is 0 Å². The highest BCUT2D eigenvalue weighted by Crippen LogP contribution is 2.42. The fourth-order valence-electron chi connectivity index (χ4n) is 4.06. The van der Waals surface area contributed by atoms with Crippen LogP contribution in [-0.2, 0) is 12.1 Å². The van der Waals surface area contributed by atoms with Gasteiger partial charge in [-0.2, -0.15) is 0 Å². The van der Waals surface area contributed by atoms with E-state index in [0.29, 0.717) is 6.42 Å². The molecule has 1 unspecified atom stereocenters. The Bertz CT molecular complexity index is 646. The fourth-order valence-corrected chi connectivity index (χ4v) is 4.06. The first kappa shape index (κ1) is 17.2. The number of aryl methyl sites for hydroxylation is 2. The third-order valence-electron chi connectivity index (χ3n) is 5.51. The van der Waals surface area contributed by atoms with Crippen LogP contribution in [0.2, 0.25) is 0 Å². The molecule has 1 aliphatic rings. The SMILES string of the molecule is Cc1nccn1CCCC(O)(c1ccc(F)cc1)C1CCCCC1. The fraction of sp³-hybridized carbons (Fsp3) is 0.550. The minimum Gasteiger partial charge on any atom is -0.385 e. The van der Waals surface area contributed by atoms with Gasteiger partial charge in [-0.3, -0.25) is 0 Å². The highest BCUT2D eigenvalue weighted by molar-refractivity contribution is 5.24. The van der Waals surface area contributed by atoms with Crippen molar-refractivity contribution in [2.24, 2.45) is 5.92 Å². The molecule has 0 radical (unpaired) electrons. The first-order chi connectivity index (χ1) is 11.6. The minimum absolute atomic E-state index is 0.251. The standard InChI is InChI=1S/C20H27FN2O/c1-16-22-13-15-23(16)14-5-12-20(24,17-6-3-2-4-7-17)18-8-10-19(21)11-9-18/h8-11,13,15,17,24H,2-7,12,14H2,1H3. The summed E-state index contributed by atoms with van der Waals surface area (Å²) in [4.78, 5) is 4.25. The molecular formula is C20H27FN2O. The van der Waals surface area contributed by atoms with Crippen LogP contribution in [0.5, 0.6) is 0 Å². The van der Waals surface area contributed by atoms with E-state index in [-0.39, 0.29) is 11.7 Å². The Morgan fingerprint density at radius 3 is 2.54 bits per heavy atom. The van der Waals surface area contributed by atoms with Crippen LogP contribution in [0.1, 0.15) is 56.3 Å². The quantitative estimate of drug-likeness (QED) is 0.842. The van der Waals surface area contributed by atoms with Crippen molar-refractivity contribution in [1.29, 1.82) is 0 Å². The van der Waals surface area contributed by atoms with E-state index in [1.54, 1.807) is 12.1 Å². The molecular weight excluding hydrogens is 303 g/mol. The Hall–Kier alpha value is -1.68. The zero-order chi connectivity index (χ0) is 17.0. The van der Waals surface area contributed by atoms with Crippen molar-refractivity contribution in [3.8, 4) is 0 Å². The molecule has 1 N–H and O–H groups in total. The molecule has 1 saturated carbocycles. The van der Waals surface area contributed by atoms with Crippen LogP contribution in [0.25, 0.3) is 0 Å². The summed E-state index contributed by atoms with van der Waals surface area (Å²) in [7, 11) is 0. The van der Waals surface area contributed by atoms with Gasteiger partial charge in [-0.05, 0) is 56.2 Å². The predicted molar refractivity (Wildman–Crippen MR) is 93.1 cm³/mol. The number of rotatable bonds is 6. The maximum absolute atomic E-state index is 13.3. The smallest absolute Gasteiger partial charge is 0.123 e. The number of aromatic nitrogens is 2. The minimum atomic E-state index is -0.859. The topological polar surface area (TPSA) is 38.0 Å². The summed E-state index contributed by atoms with van der Waals surface area (Å²) in [6.45, 7) is 2.84. The van der Waals surface area contributed by atoms with E-state index in [4.69, 9.17) is 0 Å². The van der Waals surface area contributed by atoms with E-state index in [1.807, 2.05) is 19.3 Å². The average Bonchev–Trinajstić information content (AvgIpc) is 3.01. The van der Waals surface area contributed by atoms with Gasteiger partial charge >= 0.3 is 0 Å². The molecule has 1 aliphatic carbocycles. The van der Waals surface area contributed by atoms with Gasteiger partial charge in [0, 0.05) is 18.9 Å². The Morgan fingerprint density at radius 2 is 1.92 bits per heavy atom. The van der Waals surface area contributed by atoms with Crippen LogP contribution in [0.15, 0.2) is 36.7 Å². The van der Waals surface area contributed by atoms with Crippen molar-refractivity contribution in [3.05, 3.63) is 53.9 Å². The van der Waals surface area contributed by atoms with Gasteiger partial charge in [0.25, 0.3) is 0 Å². The van der Waals surface area contributed by atoms with E-state index in [9.17, 15) is 9.50 Å². The van der Waals surface area contributed by atoms with Gasteiger partial charge in [0.15, 0.2) is 0 Å². The number of imidazole rings is 1. The Labute approximate surface area is 143 Å². The zero-order valence-electron chi connectivity index (χ0n) is 14.4. The van der Waals surface area contributed by atoms with Crippen molar-refractivity contribution in [3.63, 3.8) is 0 Å². The van der Waals surface area contributed by atoms with E-state index in [0.717, 1.165) is 37.2 Å². The van der Waals surface area contributed by atoms with E-state index < -0.39 is 5.60 Å². The molecule has 1 heterocycles. The van der Waals surface area contributed by atoms with Crippen LogP contribution >= 0.6 is 0 Å². The summed E-state index contributed by atoms with van der Waals surface area (Å²) in [5.41, 5.74) is 0.000875. The first-order valence-electron chi connectivity index (χ1n) is 9.06. The maximum Gasteiger partial charge on any atom is 0.123 e. The number of aliphatic hydroxyl groups is 1. The third-order valence-corrected chi connectivity index (χ3v) is 5.51. The molecule has 0 spiro atoms. The summed E-state index contributed by atoms with van der Waals surface area (Å²) in [6, 6.07) is 6.44. The lowest BCUT2D eigenvalue weighted by Gasteiger charge is -2.39. The highest BCUT2D eigenvalue weighted by atomic mass is 19.1. The molecule has 3 nitrogen and oxygen atoms in total. The van der Waals surface area contributed by atoms with Gasteiger partial charge < -0.3 is 9.67 Å². The van der Waals surface area contributed by atoms with Crippen molar-refractivity contribution < 1.29 is 9.50 Å². The van der Waals surface area contributed by atoms with Crippen LogP contribution in [-0.4, -0.2) is 14.7 Å². The molecule has 3 rings (SSSR count). The molecule has 0 aliphatic heterocycles. The lowest BCUT2D eigenvalue weighted by molar-refractivity contribution is -0.0483. The molecule has 4 heteroatoms. The zero-order valence-corrected chi connectivity index (χ0v) is 14.4. The molecule has 2 aromatic rings. The normalized spacial score (nSPS) is 18.5. The van der Waals surface area contributed by atoms with E-state index in [1.165, 1.54) is 31.4 Å². The second-order valence-corrected chi connectivity index (χ2v) is 7.04. The van der Waals surface area contributed by atoms with E-state index in [2.05, 4.69) is 9.55 Å². The van der Waals surface area contributed by atoms with Gasteiger partial charge in [0.1, 0.15) is 11.6 Å². The summed E-state index contributed by atoms with van der Waals surface area (Å²) in [6.07, 6.45) is 11.1. The predicted octanol–water partition coefficient (Wildman–Crippen LogP) is 4.58. The van der Waals surface area contributed by atoms with Gasteiger partial charge in [-0.15, -0.1) is 0 Å². The maximum atomic E-state index is 13.3. The largest absolute Gasteiger partial charge is 0.385 e. The molecule has 1 atom stereocenters. The Balaban J connectivity index is 1.76. The lowest BCUT2D eigenvalue weighted by atomic mass is 9.71. The van der Waals surface area contributed by atoms with Gasteiger partial charge in [0.05, 0.1) is 5.60 Å². The lowest BCUT2D eigenvalue weighted by Crippen LogP contribution is -2.36. The molecule has 0 bridgehead atoms. The van der Waals surface area contributed by atoms with Crippen LogP contribution in [0, 0.1) is 18.7 Å². The third kappa shape index (κ3) is 3.69. The van der Waals surface area contributed by atoms with Crippen molar-refractivity contribution >= 4 is 0 Å². The van der Waals surface area contributed by atoms with Crippen LogP contribution in [0.3, 0.4) is 0 Å². The van der Waals surface area contributed by atoms with E-state index >= 15 is 0 Å². The summed E-state index contributed by atoms with van der Waals surface area (Å²) in [5, 5.41) is 11.5. The number of halogens is 1. The van der Waals surface area contributed by atoms with Crippen molar-refractivity contribution in [1.82, 2.24) is 9.55 Å². The summed E-state index contributed by atoms with van der Waals surface area (Å²) in [5.74, 6) is 1.01. The molecule has 1 aromatic heterocycles. The summed E-state index contributed by atoms with van der Waals surface area (Å²) < 4.78 is 15.4. The molecule has 24 heavy (non-hydrogen) atoms. The molecule has 0 amide bonds. The first-order valence-corrected chi connectivity index (χ1v) is 9.06. The number of nitrogens with zero attached hydrogens (tertiary/aromatic N) is 2. The molecule has 1 aromatic carbocycles. The second kappa shape index (κ2) is 7.47. The van der Waals surface area contributed by atoms with Gasteiger partial charge in [-0.25, -0.2) is 9.37 Å². The van der Waals surface area contributed by atoms with Gasteiger partial charge in [0.2, 0.25) is 0 Å². The molecule has 0 saturated heterocycles. The highest BCUT2D eigenvalue weighted by Gasteiger charge is 2.38. The number of hydrogen-bond donors (Lipinski definition) is 1. The van der Waals surface area contributed by atoms with Crippen LogP contribution in [0.4, 0.5) is 4.39 Å². The Kier molecular flexibility index (Phi) is 5.34. The average molecular weight is 330 g/mol. The molecule has 130 valence electrons. The summed E-state index contributed by atoms with van der Waals surface area (Å²) >= 11 is 0. The second-order valence-electron chi connectivity index (χ2n) is 7.04. The number of hydrogen-bond acceptors (Lipinski definition) is 2.